The van der Waals surface area contributed by atoms with Gasteiger partial charge in [-0.15, -0.1) is 0 Å². The molecule has 1 aromatic heterocycles. The minimum atomic E-state index is -0.971. The molecule has 0 radical (unpaired) electrons. The largest absolute Gasteiger partial charge is 0.477 e. The second kappa shape index (κ2) is 5.61. The third-order valence-electron chi connectivity index (χ3n) is 3.94. The van der Waals surface area contributed by atoms with Gasteiger partial charge in [0.2, 0.25) is 0 Å². The van der Waals surface area contributed by atoms with Gasteiger partial charge in [-0.25, -0.2) is 14.8 Å². The maximum Gasteiger partial charge on any atom is 0.354 e. The Morgan fingerprint density at radius 3 is 2.90 bits per heavy atom. The van der Waals surface area contributed by atoms with Crippen LogP contribution in [0.25, 0.3) is 0 Å². The van der Waals surface area contributed by atoms with Crippen molar-refractivity contribution in [2.24, 2.45) is 0 Å². The summed E-state index contributed by atoms with van der Waals surface area (Å²) in [5, 5.41) is 9.17. The highest BCUT2D eigenvalue weighted by Crippen LogP contribution is 2.21. The van der Waals surface area contributed by atoms with E-state index in [-0.39, 0.29) is 5.69 Å². The van der Waals surface area contributed by atoms with Crippen molar-refractivity contribution in [2.45, 2.75) is 26.4 Å². The molecule has 0 amide bonds. The molecule has 0 aliphatic carbocycles. The highest BCUT2D eigenvalue weighted by Gasteiger charge is 2.23. The van der Waals surface area contributed by atoms with Crippen molar-refractivity contribution in [3.8, 4) is 0 Å². The minimum Gasteiger partial charge on any atom is -0.477 e. The second-order valence-corrected chi connectivity index (χ2v) is 5.34. The molecule has 0 unspecified atom stereocenters. The van der Waals surface area contributed by atoms with E-state index in [9.17, 15) is 9.90 Å². The molecule has 1 aliphatic rings. The van der Waals surface area contributed by atoms with Gasteiger partial charge in [-0.05, 0) is 24.5 Å². The van der Waals surface area contributed by atoms with E-state index < -0.39 is 5.97 Å². The lowest BCUT2D eigenvalue weighted by Gasteiger charge is -2.28. The molecule has 0 atom stereocenters. The first-order valence-corrected chi connectivity index (χ1v) is 6.98. The van der Waals surface area contributed by atoms with Gasteiger partial charge in [-0.3, -0.25) is 4.90 Å². The van der Waals surface area contributed by atoms with Crippen LogP contribution in [-0.2, 0) is 19.5 Å². The van der Waals surface area contributed by atoms with Crippen LogP contribution in [0.3, 0.4) is 0 Å². The first kappa shape index (κ1) is 13.7. The first-order chi connectivity index (χ1) is 10.1. The van der Waals surface area contributed by atoms with Crippen LogP contribution < -0.4 is 0 Å². The van der Waals surface area contributed by atoms with Gasteiger partial charge >= 0.3 is 5.97 Å². The van der Waals surface area contributed by atoms with Crippen LogP contribution in [0.4, 0.5) is 0 Å². The molecule has 2 heterocycles. The van der Waals surface area contributed by atoms with Crippen molar-refractivity contribution >= 4 is 5.97 Å². The summed E-state index contributed by atoms with van der Waals surface area (Å²) in [4.78, 5) is 21.6. The fourth-order valence-corrected chi connectivity index (χ4v) is 2.76. The van der Waals surface area contributed by atoms with Gasteiger partial charge < -0.3 is 5.11 Å². The monoisotopic (exact) mass is 283 g/mol. The molecule has 5 heteroatoms. The standard InChI is InChI=1S/C16H17N3O2/c1-11-4-2-3-5-12(11)8-19-7-6-13-14(9-19)17-10-18-15(13)16(20)21/h2-5,10H,6-9H2,1H3,(H,20,21). The molecular formula is C16H17N3O2. The Kier molecular flexibility index (Phi) is 3.66. The van der Waals surface area contributed by atoms with Crippen molar-refractivity contribution in [3.63, 3.8) is 0 Å². The summed E-state index contributed by atoms with van der Waals surface area (Å²) < 4.78 is 0. The molecule has 5 nitrogen and oxygen atoms in total. The fraction of sp³-hybridized carbons (Fsp3) is 0.312. The smallest absolute Gasteiger partial charge is 0.354 e. The van der Waals surface area contributed by atoms with E-state index in [0.717, 1.165) is 24.3 Å². The Morgan fingerprint density at radius 1 is 1.33 bits per heavy atom. The number of hydrogen-bond donors (Lipinski definition) is 1. The first-order valence-electron chi connectivity index (χ1n) is 6.98. The number of aryl methyl sites for hydroxylation is 1. The van der Waals surface area contributed by atoms with Crippen LogP contribution >= 0.6 is 0 Å². The number of fused-ring (bicyclic) bond motifs is 1. The van der Waals surface area contributed by atoms with E-state index in [4.69, 9.17) is 0 Å². The van der Waals surface area contributed by atoms with Crippen LogP contribution in [0.2, 0.25) is 0 Å². The predicted molar refractivity (Wildman–Crippen MR) is 78.0 cm³/mol. The SMILES string of the molecule is Cc1ccccc1CN1CCc2c(ncnc2C(=O)O)C1. The Hall–Kier alpha value is -2.27. The normalized spacial score (nSPS) is 14.7. The maximum atomic E-state index is 11.2. The van der Waals surface area contributed by atoms with Crippen LogP contribution in [-0.4, -0.2) is 32.5 Å². The predicted octanol–water partition coefficient (Wildman–Crippen LogP) is 2.04. The summed E-state index contributed by atoms with van der Waals surface area (Å²) in [7, 11) is 0. The van der Waals surface area contributed by atoms with Crippen molar-refractivity contribution in [1.82, 2.24) is 14.9 Å². The fourth-order valence-electron chi connectivity index (χ4n) is 2.76. The molecule has 1 aromatic carbocycles. The summed E-state index contributed by atoms with van der Waals surface area (Å²) in [5.41, 5.74) is 4.34. The molecule has 0 fully saturated rings. The lowest BCUT2D eigenvalue weighted by molar-refractivity contribution is 0.0687. The van der Waals surface area contributed by atoms with Gasteiger partial charge in [0.05, 0.1) is 5.69 Å². The molecule has 1 aliphatic heterocycles. The van der Waals surface area contributed by atoms with Crippen molar-refractivity contribution in [3.05, 3.63) is 58.7 Å². The Labute approximate surface area is 123 Å². The van der Waals surface area contributed by atoms with E-state index in [1.807, 2.05) is 12.1 Å². The van der Waals surface area contributed by atoms with Gasteiger partial charge in [0, 0.05) is 25.2 Å². The van der Waals surface area contributed by atoms with Gasteiger partial charge in [0.25, 0.3) is 0 Å². The van der Waals surface area contributed by atoms with E-state index in [2.05, 4.69) is 33.9 Å². The lowest BCUT2D eigenvalue weighted by atomic mass is 10.0. The number of aromatic carboxylic acids is 1. The zero-order valence-electron chi connectivity index (χ0n) is 11.9. The van der Waals surface area contributed by atoms with E-state index in [1.165, 1.54) is 17.5 Å². The topological polar surface area (TPSA) is 66.3 Å². The highest BCUT2D eigenvalue weighted by molar-refractivity contribution is 5.87. The number of hydrogen-bond acceptors (Lipinski definition) is 4. The van der Waals surface area contributed by atoms with Gasteiger partial charge in [-0.2, -0.15) is 0 Å². The average molecular weight is 283 g/mol. The van der Waals surface area contributed by atoms with Crippen LogP contribution in [0.15, 0.2) is 30.6 Å². The maximum absolute atomic E-state index is 11.2. The molecule has 21 heavy (non-hydrogen) atoms. The van der Waals surface area contributed by atoms with E-state index in [1.54, 1.807) is 0 Å². The summed E-state index contributed by atoms with van der Waals surface area (Å²) in [6, 6.07) is 8.33. The van der Waals surface area contributed by atoms with Crippen molar-refractivity contribution in [2.75, 3.05) is 6.54 Å². The van der Waals surface area contributed by atoms with Gasteiger partial charge in [0.15, 0.2) is 5.69 Å². The van der Waals surface area contributed by atoms with Crippen molar-refractivity contribution < 1.29 is 9.90 Å². The number of benzene rings is 1. The summed E-state index contributed by atoms with van der Waals surface area (Å²) >= 11 is 0. The summed E-state index contributed by atoms with van der Waals surface area (Å²) in [6.07, 6.45) is 2.03. The molecule has 2 aromatic rings. The third kappa shape index (κ3) is 2.78. The van der Waals surface area contributed by atoms with Crippen LogP contribution in [0, 0.1) is 6.92 Å². The van der Waals surface area contributed by atoms with Gasteiger partial charge in [-0.1, -0.05) is 24.3 Å². The number of nitrogens with zero attached hydrogens (tertiary/aromatic N) is 3. The molecular weight excluding hydrogens is 266 g/mol. The van der Waals surface area contributed by atoms with Crippen LogP contribution in [0.1, 0.15) is 32.9 Å². The Balaban J connectivity index is 1.81. The van der Waals surface area contributed by atoms with Crippen molar-refractivity contribution in [1.29, 1.82) is 0 Å². The van der Waals surface area contributed by atoms with E-state index >= 15 is 0 Å². The van der Waals surface area contributed by atoms with E-state index in [0.29, 0.717) is 13.0 Å². The number of carbonyl (C=O) groups is 1. The molecule has 0 spiro atoms. The summed E-state index contributed by atoms with van der Waals surface area (Å²) in [5.74, 6) is -0.971. The Morgan fingerprint density at radius 2 is 2.14 bits per heavy atom. The quantitative estimate of drug-likeness (QED) is 0.933. The molecule has 108 valence electrons. The average Bonchev–Trinajstić information content (AvgIpc) is 2.48. The highest BCUT2D eigenvalue weighted by atomic mass is 16.4. The molecule has 1 N–H and O–H groups in total. The number of carboxylic acids is 1. The third-order valence-corrected chi connectivity index (χ3v) is 3.94. The number of rotatable bonds is 3. The summed E-state index contributed by atoms with van der Waals surface area (Å²) in [6.45, 7) is 4.47. The van der Waals surface area contributed by atoms with Crippen LogP contribution in [0.5, 0.6) is 0 Å². The minimum absolute atomic E-state index is 0.149. The second-order valence-electron chi connectivity index (χ2n) is 5.34. The molecule has 0 saturated carbocycles. The number of aromatic nitrogens is 2. The lowest BCUT2D eigenvalue weighted by Crippen LogP contribution is -2.32. The zero-order chi connectivity index (χ0) is 14.8. The molecule has 0 bridgehead atoms. The number of carboxylic acid groups (broad SMARTS) is 1. The van der Waals surface area contributed by atoms with Gasteiger partial charge in [0.1, 0.15) is 6.33 Å². The molecule has 0 saturated heterocycles. The zero-order valence-corrected chi connectivity index (χ0v) is 11.9. The Bertz CT molecular complexity index is 685. The molecule has 3 rings (SSSR count).